The molecule has 0 aromatic heterocycles. The van der Waals surface area contributed by atoms with Gasteiger partial charge in [0, 0.05) is 0 Å². The average molecular weight is 575 g/mol. The van der Waals surface area contributed by atoms with E-state index in [-0.39, 0.29) is 0 Å². The van der Waals surface area contributed by atoms with Crippen molar-refractivity contribution in [1.82, 2.24) is 10.6 Å². The highest BCUT2D eigenvalue weighted by Gasteiger charge is 2.31. The maximum atomic E-state index is 13.0. The summed E-state index contributed by atoms with van der Waals surface area (Å²) in [4.78, 5) is 26.0. The standard InChI is InChI=1S/C34H42N2O6/c1-9-23-10-12-24(13-11-23)22-40-28-20-16-26(17-21-28)30(36-32(38)42-34(5,6)7)29(35-31(37)41-33(2,3)4)25-14-18-27(39-8)19-15-25/h9-21,29-30H,1,22H2,2-8H3,(H,35,37)(H,36,38)/t29-,30-/m1/s1. The molecule has 0 aliphatic carbocycles. The van der Waals surface area contributed by atoms with Crippen LogP contribution in [0.25, 0.3) is 6.08 Å². The summed E-state index contributed by atoms with van der Waals surface area (Å²) in [6.45, 7) is 14.9. The maximum absolute atomic E-state index is 13.0. The van der Waals surface area contributed by atoms with Crippen molar-refractivity contribution in [3.63, 3.8) is 0 Å². The Morgan fingerprint density at radius 3 is 1.52 bits per heavy atom. The Morgan fingerprint density at radius 2 is 1.14 bits per heavy atom. The summed E-state index contributed by atoms with van der Waals surface area (Å²) in [5.74, 6) is 1.32. The number of ether oxygens (including phenoxy) is 4. The van der Waals surface area contributed by atoms with Gasteiger partial charge in [-0.3, -0.25) is 0 Å². The Hall–Kier alpha value is -4.46. The number of amides is 2. The molecule has 2 atom stereocenters. The fraction of sp³-hybridized carbons (Fsp3) is 0.353. The molecule has 8 nitrogen and oxygen atoms in total. The number of carbonyl (C=O) groups excluding carboxylic acids is 2. The molecule has 8 heteroatoms. The molecule has 2 amide bonds. The summed E-state index contributed by atoms with van der Waals surface area (Å²) < 4.78 is 22.5. The van der Waals surface area contributed by atoms with Crippen molar-refractivity contribution in [1.29, 1.82) is 0 Å². The minimum absolute atomic E-state index is 0.394. The molecule has 0 aliphatic heterocycles. The van der Waals surface area contributed by atoms with Gasteiger partial charge in [0.15, 0.2) is 0 Å². The molecule has 3 rings (SSSR count). The van der Waals surface area contributed by atoms with E-state index < -0.39 is 35.5 Å². The lowest BCUT2D eigenvalue weighted by Crippen LogP contribution is -2.44. The second-order valence-corrected chi connectivity index (χ2v) is 11.8. The van der Waals surface area contributed by atoms with Crippen LogP contribution in [0.2, 0.25) is 0 Å². The van der Waals surface area contributed by atoms with Crippen molar-refractivity contribution < 1.29 is 28.5 Å². The fourth-order valence-electron chi connectivity index (χ4n) is 4.09. The summed E-state index contributed by atoms with van der Waals surface area (Å²) in [6.07, 6.45) is 0.546. The number of hydrogen-bond acceptors (Lipinski definition) is 6. The Labute approximate surface area is 249 Å². The molecule has 0 spiro atoms. The van der Waals surface area contributed by atoms with Gasteiger partial charge >= 0.3 is 12.2 Å². The van der Waals surface area contributed by atoms with Gasteiger partial charge in [-0.25, -0.2) is 9.59 Å². The summed E-state index contributed by atoms with van der Waals surface area (Å²) in [6, 6.07) is 21.1. The van der Waals surface area contributed by atoms with Gasteiger partial charge < -0.3 is 29.6 Å². The van der Waals surface area contributed by atoms with E-state index in [0.717, 1.165) is 22.3 Å². The first-order chi connectivity index (χ1) is 19.8. The first-order valence-corrected chi connectivity index (χ1v) is 13.8. The third-order valence-electron chi connectivity index (χ3n) is 6.01. The molecule has 0 bridgehead atoms. The highest BCUT2D eigenvalue weighted by atomic mass is 16.6. The zero-order valence-electron chi connectivity index (χ0n) is 25.5. The van der Waals surface area contributed by atoms with Crippen LogP contribution in [0.1, 0.15) is 75.9 Å². The molecule has 224 valence electrons. The van der Waals surface area contributed by atoms with Crippen molar-refractivity contribution in [2.75, 3.05) is 7.11 Å². The van der Waals surface area contributed by atoms with Crippen LogP contribution in [0.3, 0.4) is 0 Å². The molecule has 0 saturated heterocycles. The quantitative estimate of drug-likeness (QED) is 0.257. The molecule has 42 heavy (non-hydrogen) atoms. The number of methoxy groups -OCH3 is 1. The molecule has 3 aromatic rings. The predicted molar refractivity (Wildman–Crippen MR) is 165 cm³/mol. The molecule has 0 unspecified atom stereocenters. The first kappa shape index (κ1) is 32.1. The van der Waals surface area contributed by atoms with E-state index in [2.05, 4.69) is 17.2 Å². The van der Waals surface area contributed by atoms with Crippen LogP contribution in [0.5, 0.6) is 11.5 Å². The Balaban J connectivity index is 1.93. The zero-order chi connectivity index (χ0) is 30.9. The predicted octanol–water partition coefficient (Wildman–Crippen LogP) is 7.75. The smallest absolute Gasteiger partial charge is 0.408 e. The summed E-state index contributed by atoms with van der Waals surface area (Å²) in [5.41, 5.74) is 2.08. The van der Waals surface area contributed by atoms with E-state index >= 15 is 0 Å². The van der Waals surface area contributed by atoms with Gasteiger partial charge in [0.2, 0.25) is 0 Å². The van der Waals surface area contributed by atoms with Crippen molar-refractivity contribution >= 4 is 18.3 Å². The Kier molecular flexibility index (Phi) is 10.6. The van der Waals surface area contributed by atoms with Crippen LogP contribution in [0, 0.1) is 0 Å². The van der Waals surface area contributed by atoms with E-state index in [1.807, 2.05) is 60.7 Å². The number of benzene rings is 3. The highest BCUT2D eigenvalue weighted by molar-refractivity contribution is 5.71. The fourth-order valence-corrected chi connectivity index (χ4v) is 4.09. The molecule has 0 heterocycles. The number of rotatable bonds is 10. The summed E-state index contributed by atoms with van der Waals surface area (Å²) in [5, 5.41) is 5.92. The maximum Gasteiger partial charge on any atom is 0.408 e. The van der Waals surface area contributed by atoms with Crippen LogP contribution in [0.4, 0.5) is 9.59 Å². The van der Waals surface area contributed by atoms with E-state index in [4.69, 9.17) is 18.9 Å². The normalized spacial score (nSPS) is 12.8. The monoisotopic (exact) mass is 574 g/mol. The van der Waals surface area contributed by atoms with Crippen LogP contribution < -0.4 is 20.1 Å². The van der Waals surface area contributed by atoms with Crippen LogP contribution in [-0.4, -0.2) is 30.5 Å². The average Bonchev–Trinajstić information content (AvgIpc) is 2.92. The van der Waals surface area contributed by atoms with Gasteiger partial charge in [-0.2, -0.15) is 0 Å². The van der Waals surface area contributed by atoms with E-state index in [9.17, 15) is 9.59 Å². The van der Waals surface area contributed by atoms with Gasteiger partial charge in [0.1, 0.15) is 29.3 Å². The number of nitrogens with one attached hydrogen (secondary N) is 2. The topological polar surface area (TPSA) is 95.1 Å². The van der Waals surface area contributed by atoms with E-state index in [0.29, 0.717) is 18.1 Å². The molecule has 0 fully saturated rings. The largest absolute Gasteiger partial charge is 0.497 e. The lowest BCUT2D eigenvalue weighted by molar-refractivity contribution is 0.0427. The van der Waals surface area contributed by atoms with Gasteiger partial charge in [0.25, 0.3) is 0 Å². The summed E-state index contributed by atoms with van der Waals surface area (Å²) in [7, 11) is 1.58. The zero-order valence-corrected chi connectivity index (χ0v) is 25.5. The van der Waals surface area contributed by atoms with Crippen LogP contribution >= 0.6 is 0 Å². The molecule has 0 radical (unpaired) electrons. The van der Waals surface area contributed by atoms with Crippen molar-refractivity contribution in [2.45, 2.75) is 71.4 Å². The second-order valence-electron chi connectivity index (χ2n) is 11.8. The molecule has 0 saturated carbocycles. The van der Waals surface area contributed by atoms with E-state index in [1.54, 1.807) is 66.9 Å². The minimum atomic E-state index is -0.721. The molecular weight excluding hydrogens is 532 g/mol. The molecular formula is C34H42N2O6. The lowest BCUT2D eigenvalue weighted by Gasteiger charge is -2.32. The van der Waals surface area contributed by atoms with Gasteiger partial charge in [-0.05, 0) is 88.1 Å². The molecule has 0 aliphatic rings. The van der Waals surface area contributed by atoms with Gasteiger partial charge in [-0.1, -0.05) is 61.2 Å². The number of alkyl carbamates (subject to hydrolysis) is 2. The third kappa shape index (κ3) is 10.2. The van der Waals surface area contributed by atoms with Crippen LogP contribution in [0.15, 0.2) is 79.4 Å². The molecule has 3 aromatic carbocycles. The second kappa shape index (κ2) is 13.9. The first-order valence-electron chi connectivity index (χ1n) is 13.8. The number of hydrogen-bond donors (Lipinski definition) is 2. The van der Waals surface area contributed by atoms with Crippen molar-refractivity contribution in [2.24, 2.45) is 0 Å². The Bertz CT molecular complexity index is 1320. The SMILES string of the molecule is C=Cc1ccc(COc2ccc([C@@H](NC(=O)OC(C)(C)C)[C@H](NC(=O)OC(C)(C)C)c3ccc(OC)cc3)cc2)cc1. The minimum Gasteiger partial charge on any atom is -0.497 e. The van der Waals surface area contributed by atoms with Crippen LogP contribution in [-0.2, 0) is 16.1 Å². The molecule has 2 N–H and O–H groups in total. The number of carbonyl (C=O) groups is 2. The van der Waals surface area contributed by atoms with Gasteiger partial charge in [0.05, 0.1) is 19.2 Å². The lowest BCUT2D eigenvalue weighted by atomic mass is 9.93. The summed E-state index contributed by atoms with van der Waals surface area (Å²) >= 11 is 0. The van der Waals surface area contributed by atoms with Crippen molar-refractivity contribution in [3.8, 4) is 11.5 Å². The Morgan fingerprint density at radius 1 is 0.714 bits per heavy atom. The highest BCUT2D eigenvalue weighted by Crippen LogP contribution is 2.32. The third-order valence-corrected chi connectivity index (χ3v) is 6.01. The van der Waals surface area contributed by atoms with Crippen molar-refractivity contribution in [3.05, 3.63) is 102 Å². The van der Waals surface area contributed by atoms with E-state index in [1.165, 1.54) is 0 Å². The van der Waals surface area contributed by atoms with Gasteiger partial charge in [-0.15, -0.1) is 0 Å².